The first-order chi connectivity index (χ1) is 9.01. The molecule has 0 aliphatic carbocycles. The van der Waals surface area contributed by atoms with Gasteiger partial charge in [0.25, 0.3) is 0 Å². The highest BCUT2D eigenvalue weighted by Crippen LogP contribution is 2.45. The predicted molar refractivity (Wildman–Crippen MR) is 83.9 cm³/mol. The molecule has 0 spiro atoms. The molecule has 1 N–H and O–H groups in total. The SMILES string of the molecule is CC(C)CCC1(C)CCNCC1c1cccc(Cl)c1. The van der Waals surface area contributed by atoms with Crippen LogP contribution in [0.15, 0.2) is 24.3 Å². The van der Waals surface area contributed by atoms with Gasteiger partial charge in [0.15, 0.2) is 0 Å². The smallest absolute Gasteiger partial charge is 0.0408 e. The van der Waals surface area contributed by atoms with E-state index in [9.17, 15) is 0 Å². The van der Waals surface area contributed by atoms with Crippen LogP contribution in [0.25, 0.3) is 0 Å². The van der Waals surface area contributed by atoms with Crippen molar-refractivity contribution in [1.29, 1.82) is 0 Å². The second-order valence-corrected chi connectivity index (χ2v) is 7.08. The largest absolute Gasteiger partial charge is 0.316 e. The van der Waals surface area contributed by atoms with E-state index in [-0.39, 0.29) is 0 Å². The fourth-order valence-corrected chi connectivity index (χ4v) is 3.40. The number of halogens is 1. The van der Waals surface area contributed by atoms with Crippen LogP contribution < -0.4 is 5.32 Å². The number of benzene rings is 1. The first kappa shape index (κ1) is 14.9. The second kappa shape index (κ2) is 6.28. The van der Waals surface area contributed by atoms with Crippen LogP contribution in [0.3, 0.4) is 0 Å². The van der Waals surface area contributed by atoms with Gasteiger partial charge in [0.05, 0.1) is 0 Å². The highest BCUT2D eigenvalue weighted by molar-refractivity contribution is 6.30. The van der Waals surface area contributed by atoms with Crippen molar-refractivity contribution in [2.24, 2.45) is 11.3 Å². The lowest BCUT2D eigenvalue weighted by Crippen LogP contribution is -2.42. The summed E-state index contributed by atoms with van der Waals surface area (Å²) >= 11 is 6.16. The average molecular weight is 280 g/mol. The zero-order chi connectivity index (χ0) is 13.9. The molecule has 0 amide bonds. The van der Waals surface area contributed by atoms with Crippen molar-refractivity contribution >= 4 is 11.6 Å². The van der Waals surface area contributed by atoms with Crippen LogP contribution in [0.5, 0.6) is 0 Å². The van der Waals surface area contributed by atoms with Crippen molar-refractivity contribution in [3.63, 3.8) is 0 Å². The van der Waals surface area contributed by atoms with Crippen LogP contribution in [0.2, 0.25) is 5.02 Å². The van der Waals surface area contributed by atoms with Crippen molar-refractivity contribution in [3.8, 4) is 0 Å². The third-order valence-electron chi connectivity index (χ3n) is 4.61. The van der Waals surface area contributed by atoms with E-state index < -0.39 is 0 Å². The van der Waals surface area contributed by atoms with Gasteiger partial charge in [-0.2, -0.15) is 0 Å². The quantitative estimate of drug-likeness (QED) is 0.830. The molecular formula is C17H26ClN. The Bertz CT molecular complexity index is 415. The van der Waals surface area contributed by atoms with E-state index in [4.69, 9.17) is 11.6 Å². The standard InChI is InChI=1S/C17H26ClN/c1-13(2)7-8-17(3)9-10-19-12-16(17)14-5-4-6-15(18)11-14/h4-6,11,13,16,19H,7-10,12H2,1-3H3. The zero-order valence-electron chi connectivity index (χ0n) is 12.4. The molecule has 1 aliphatic heterocycles. The van der Waals surface area contributed by atoms with Crippen LogP contribution in [-0.4, -0.2) is 13.1 Å². The van der Waals surface area contributed by atoms with Crippen molar-refractivity contribution in [2.45, 2.75) is 46.0 Å². The molecule has 19 heavy (non-hydrogen) atoms. The molecule has 1 fully saturated rings. The lowest BCUT2D eigenvalue weighted by Gasteiger charge is -2.43. The summed E-state index contributed by atoms with van der Waals surface area (Å²) in [5.74, 6) is 1.37. The lowest BCUT2D eigenvalue weighted by atomic mass is 9.66. The molecule has 1 aliphatic rings. The highest BCUT2D eigenvalue weighted by atomic mass is 35.5. The summed E-state index contributed by atoms with van der Waals surface area (Å²) in [6.07, 6.45) is 3.88. The molecular weight excluding hydrogens is 254 g/mol. The molecule has 1 nitrogen and oxygen atoms in total. The van der Waals surface area contributed by atoms with Gasteiger partial charge in [-0.15, -0.1) is 0 Å². The van der Waals surface area contributed by atoms with Gasteiger partial charge in [0.1, 0.15) is 0 Å². The van der Waals surface area contributed by atoms with Gasteiger partial charge in [0, 0.05) is 17.5 Å². The molecule has 0 radical (unpaired) electrons. The van der Waals surface area contributed by atoms with Crippen molar-refractivity contribution in [1.82, 2.24) is 5.32 Å². The Hall–Kier alpha value is -0.530. The van der Waals surface area contributed by atoms with Crippen LogP contribution in [-0.2, 0) is 0 Å². The Kier molecular flexibility index (Phi) is 4.92. The summed E-state index contributed by atoms with van der Waals surface area (Å²) in [7, 11) is 0. The topological polar surface area (TPSA) is 12.0 Å². The molecule has 1 aromatic carbocycles. The monoisotopic (exact) mass is 279 g/mol. The zero-order valence-corrected chi connectivity index (χ0v) is 13.1. The summed E-state index contributed by atoms with van der Waals surface area (Å²) in [5, 5.41) is 4.41. The molecule has 0 bridgehead atoms. The summed E-state index contributed by atoms with van der Waals surface area (Å²) in [4.78, 5) is 0. The second-order valence-electron chi connectivity index (χ2n) is 6.65. The Morgan fingerprint density at radius 3 is 2.89 bits per heavy atom. The number of hydrogen-bond donors (Lipinski definition) is 1. The molecule has 106 valence electrons. The maximum atomic E-state index is 6.16. The summed E-state index contributed by atoms with van der Waals surface area (Å²) < 4.78 is 0. The van der Waals surface area contributed by atoms with E-state index in [0.29, 0.717) is 11.3 Å². The number of nitrogens with one attached hydrogen (secondary N) is 1. The Morgan fingerprint density at radius 2 is 2.21 bits per heavy atom. The van der Waals surface area contributed by atoms with E-state index in [1.165, 1.54) is 24.8 Å². The third-order valence-corrected chi connectivity index (χ3v) is 4.84. The predicted octanol–water partition coefficient (Wildman–Crippen LogP) is 4.86. The highest BCUT2D eigenvalue weighted by Gasteiger charge is 2.37. The molecule has 2 heteroatoms. The fourth-order valence-electron chi connectivity index (χ4n) is 3.20. The first-order valence-electron chi connectivity index (χ1n) is 7.47. The molecule has 0 aromatic heterocycles. The summed E-state index contributed by atoms with van der Waals surface area (Å²) in [6, 6.07) is 8.42. The van der Waals surface area contributed by atoms with Gasteiger partial charge < -0.3 is 5.32 Å². The molecule has 2 unspecified atom stereocenters. The van der Waals surface area contributed by atoms with E-state index in [0.717, 1.165) is 24.0 Å². The molecule has 1 heterocycles. The number of hydrogen-bond acceptors (Lipinski definition) is 1. The third kappa shape index (κ3) is 3.73. The van der Waals surface area contributed by atoms with Crippen LogP contribution in [0, 0.1) is 11.3 Å². The first-order valence-corrected chi connectivity index (χ1v) is 7.85. The Labute approximate surface area is 122 Å². The van der Waals surface area contributed by atoms with E-state index in [1.54, 1.807) is 0 Å². The van der Waals surface area contributed by atoms with Gasteiger partial charge in [-0.25, -0.2) is 0 Å². The van der Waals surface area contributed by atoms with Crippen LogP contribution in [0.1, 0.15) is 51.5 Å². The summed E-state index contributed by atoms with van der Waals surface area (Å²) in [6.45, 7) is 9.32. The van der Waals surface area contributed by atoms with E-state index in [2.05, 4.69) is 44.3 Å². The Balaban J connectivity index is 2.19. The van der Waals surface area contributed by atoms with E-state index in [1.807, 2.05) is 6.07 Å². The van der Waals surface area contributed by atoms with E-state index >= 15 is 0 Å². The van der Waals surface area contributed by atoms with Crippen molar-refractivity contribution in [2.75, 3.05) is 13.1 Å². The molecule has 1 aromatic rings. The van der Waals surface area contributed by atoms with Gasteiger partial charge in [0.2, 0.25) is 0 Å². The fraction of sp³-hybridized carbons (Fsp3) is 0.647. The average Bonchev–Trinajstić information content (AvgIpc) is 2.37. The van der Waals surface area contributed by atoms with Crippen LogP contribution >= 0.6 is 11.6 Å². The van der Waals surface area contributed by atoms with Gasteiger partial charge in [-0.3, -0.25) is 0 Å². The summed E-state index contributed by atoms with van der Waals surface area (Å²) in [5.41, 5.74) is 1.80. The molecule has 2 rings (SSSR count). The van der Waals surface area contributed by atoms with Crippen LogP contribution in [0.4, 0.5) is 0 Å². The molecule has 1 saturated heterocycles. The number of rotatable bonds is 4. The maximum absolute atomic E-state index is 6.16. The van der Waals surface area contributed by atoms with Gasteiger partial charge in [-0.05, 0) is 48.4 Å². The Morgan fingerprint density at radius 1 is 1.42 bits per heavy atom. The molecule has 2 atom stereocenters. The minimum atomic E-state index is 0.403. The maximum Gasteiger partial charge on any atom is 0.0408 e. The van der Waals surface area contributed by atoms with Crippen molar-refractivity contribution < 1.29 is 0 Å². The molecule has 0 saturated carbocycles. The lowest BCUT2D eigenvalue weighted by molar-refractivity contribution is 0.161. The normalized spacial score (nSPS) is 27.7. The van der Waals surface area contributed by atoms with Gasteiger partial charge >= 0.3 is 0 Å². The van der Waals surface area contributed by atoms with Crippen molar-refractivity contribution in [3.05, 3.63) is 34.9 Å². The number of piperidine rings is 1. The van der Waals surface area contributed by atoms with Gasteiger partial charge in [-0.1, -0.05) is 50.9 Å². The minimum absolute atomic E-state index is 0.403. The minimum Gasteiger partial charge on any atom is -0.316 e.